The number of hydrogen-bond acceptors (Lipinski definition) is 6. The summed E-state index contributed by atoms with van der Waals surface area (Å²) in [6.07, 6.45) is -0.285. The van der Waals surface area contributed by atoms with Gasteiger partial charge in [0.2, 0.25) is 5.95 Å². The van der Waals surface area contributed by atoms with Crippen molar-refractivity contribution in [1.29, 1.82) is 0 Å². The lowest BCUT2D eigenvalue weighted by atomic mass is 10.1. The van der Waals surface area contributed by atoms with Gasteiger partial charge in [0, 0.05) is 4.88 Å². The zero-order valence-corrected chi connectivity index (χ0v) is 18.5. The second-order valence-corrected chi connectivity index (χ2v) is 8.61. The smallest absolute Gasteiger partial charge is 0.416 e. The lowest BCUT2D eigenvalue weighted by Crippen LogP contribution is -2.21. The summed E-state index contributed by atoms with van der Waals surface area (Å²) in [5.74, 6) is -0.239. The van der Waals surface area contributed by atoms with Crippen molar-refractivity contribution in [3.05, 3.63) is 57.7 Å². The molecule has 168 valence electrons. The van der Waals surface area contributed by atoms with Crippen molar-refractivity contribution in [1.82, 2.24) is 14.8 Å². The molecule has 0 saturated heterocycles. The van der Waals surface area contributed by atoms with Crippen molar-refractivity contribution >= 4 is 45.6 Å². The molecule has 0 aliphatic heterocycles. The van der Waals surface area contributed by atoms with Crippen LogP contribution in [0.1, 0.15) is 38.3 Å². The summed E-state index contributed by atoms with van der Waals surface area (Å²) in [5, 5.41) is 10.8. The van der Waals surface area contributed by atoms with Crippen molar-refractivity contribution in [2.75, 3.05) is 17.7 Å². The van der Waals surface area contributed by atoms with Crippen LogP contribution in [0.3, 0.4) is 0 Å². The van der Waals surface area contributed by atoms with Crippen molar-refractivity contribution in [2.45, 2.75) is 32.0 Å². The van der Waals surface area contributed by atoms with Crippen LogP contribution in [-0.2, 0) is 30.3 Å². The Balaban J connectivity index is 1.43. The Labute approximate surface area is 190 Å². The van der Waals surface area contributed by atoms with Crippen LogP contribution in [0, 0.1) is 0 Å². The minimum absolute atomic E-state index is 0.114. The van der Waals surface area contributed by atoms with E-state index in [4.69, 9.17) is 17.0 Å². The molecule has 3 aromatic rings. The molecule has 0 amide bonds. The number of hydrogen-bond donors (Lipinski definition) is 2. The van der Waals surface area contributed by atoms with Crippen LogP contribution in [0.2, 0.25) is 0 Å². The molecule has 32 heavy (non-hydrogen) atoms. The number of alkyl halides is 3. The van der Waals surface area contributed by atoms with E-state index in [2.05, 4.69) is 20.7 Å². The van der Waals surface area contributed by atoms with Crippen LogP contribution in [0.25, 0.3) is 0 Å². The zero-order chi connectivity index (χ0) is 22.9. The number of benzene rings is 1. The fourth-order valence-corrected chi connectivity index (χ4v) is 5.05. The third-order valence-corrected chi connectivity index (χ3v) is 6.31. The van der Waals surface area contributed by atoms with Crippen LogP contribution < -0.4 is 10.6 Å². The zero-order valence-electron chi connectivity index (χ0n) is 16.8. The number of thiophene rings is 1. The van der Waals surface area contributed by atoms with Gasteiger partial charge in [-0.2, -0.15) is 13.2 Å². The number of aromatic nitrogens is 3. The van der Waals surface area contributed by atoms with E-state index in [1.807, 2.05) is 0 Å². The number of nitrogens with one attached hydrogen (secondary N) is 2. The molecule has 1 aliphatic carbocycles. The van der Waals surface area contributed by atoms with Gasteiger partial charge in [0.25, 0.3) is 0 Å². The van der Waals surface area contributed by atoms with Gasteiger partial charge in [0.15, 0.2) is 5.11 Å². The van der Waals surface area contributed by atoms with Crippen LogP contribution >= 0.6 is 23.6 Å². The SMILES string of the molecule is COC(=O)c1c(NC(=S)Nc2ncn(Cc3cccc(C(F)(F)F)c3)n2)sc2c1CCC2. The number of carbonyl (C=O) groups excluding carboxylic acids is 1. The van der Waals surface area contributed by atoms with Crippen molar-refractivity contribution < 1.29 is 22.7 Å². The number of halogens is 3. The minimum atomic E-state index is -4.41. The van der Waals surface area contributed by atoms with E-state index in [1.54, 1.807) is 6.07 Å². The number of fused-ring (bicyclic) bond motifs is 1. The predicted octanol–water partition coefficient (Wildman–Crippen LogP) is 4.49. The molecule has 4 rings (SSSR count). The highest BCUT2D eigenvalue weighted by Crippen LogP contribution is 2.39. The number of ether oxygens (including phenoxy) is 1. The second kappa shape index (κ2) is 8.87. The molecule has 0 atom stereocenters. The van der Waals surface area contributed by atoms with Crippen molar-refractivity contribution in [3.63, 3.8) is 0 Å². The number of carbonyl (C=O) groups is 1. The van der Waals surface area contributed by atoms with Gasteiger partial charge in [0.1, 0.15) is 11.3 Å². The van der Waals surface area contributed by atoms with E-state index < -0.39 is 17.7 Å². The average Bonchev–Trinajstić information content (AvgIpc) is 3.43. The molecule has 0 bridgehead atoms. The van der Waals surface area contributed by atoms with Gasteiger partial charge in [-0.05, 0) is 54.7 Å². The first-order valence-electron chi connectivity index (χ1n) is 9.61. The Morgan fingerprint density at radius 3 is 2.88 bits per heavy atom. The standard InChI is InChI=1S/C20H18F3N5O2S2/c1-30-17(29)15-13-6-3-7-14(13)32-16(15)25-19(31)26-18-24-10-28(27-18)9-11-4-2-5-12(8-11)20(21,22)23/h2,4-5,8,10H,3,6-7,9H2,1H3,(H2,25,26,27,31). The fourth-order valence-electron chi connectivity index (χ4n) is 3.51. The molecule has 0 saturated carbocycles. The van der Waals surface area contributed by atoms with Crippen molar-refractivity contribution in [2.24, 2.45) is 0 Å². The van der Waals surface area contributed by atoms with E-state index in [9.17, 15) is 18.0 Å². The predicted molar refractivity (Wildman–Crippen MR) is 118 cm³/mol. The number of anilines is 2. The van der Waals surface area contributed by atoms with E-state index in [1.165, 1.54) is 35.5 Å². The van der Waals surface area contributed by atoms with Gasteiger partial charge in [-0.1, -0.05) is 12.1 Å². The van der Waals surface area contributed by atoms with E-state index in [-0.39, 0.29) is 17.6 Å². The highest BCUT2D eigenvalue weighted by Gasteiger charge is 2.30. The normalized spacial score (nSPS) is 13.0. The van der Waals surface area contributed by atoms with E-state index in [0.717, 1.165) is 41.8 Å². The number of rotatable bonds is 5. The van der Waals surface area contributed by atoms with Crippen LogP contribution in [0.4, 0.5) is 24.1 Å². The summed E-state index contributed by atoms with van der Waals surface area (Å²) in [6.45, 7) is 0.114. The molecule has 0 unspecified atom stereocenters. The molecule has 2 aromatic heterocycles. The molecule has 7 nitrogen and oxygen atoms in total. The third-order valence-electron chi connectivity index (χ3n) is 4.90. The molecule has 1 aliphatic rings. The number of methoxy groups -OCH3 is 1. The highest BCUT2D eigenvalue weighted by molar-refractivity contribution is 7.80. The quantitative estimate of drug-likeness (QED) is 0.411. The summed E-state index contributed by atoms with van der Waals surface area (Å²) in [7, 11) is 1.34. The fraction of sp³-hybridized carbons (Fsp3) is 0.300. The first kappa shape index (κ1) is 22.2. The highest BCUT2D eigenvalue weighted by atomic mass is 32.1. The molecule has 0 radical (unpaired) electrons. The molecule has 2 heterocycles. The van der Waals surface area contributed by atoms with Crippen molar-refractivity contribution in [3.8, 4) is 0 Å². The van der Waals surface area contributed by atoms with Crippen LogP contribution in [-0.4, -0.2) is 33.0 Å². The topological polar surface area (TPSA) is 81.1 Å². The van der Waals surface area contributed by atoms with Gasteiger partial charge in [0.05, 0.1) is 24.8 Å². The Kier molecular flexibility index (Phi) is 6.15. The van der Waals surface area contributed by atoms with Gasteiger partial charge in [-0.15, -0.1) is 16.4 Å². The summed E-state index contributed by atoms with van der Waals surface area (Å²) >= 11 is 6.79. The largest absolute Gasteiger partial charge is 0.465 e. The molecule has 12 heteroatoms. The monoisotopic (exact) mass is 481 g/mol. The number of aryl methyl sites for hydroxylation is 1. The lowest BCUT2D eigenvalue weighted by Gasteiger charge is -2.09. The van der Waals surface area contributed by atoms with Gasteiger partial charge >= 0.3 is 12.1 Å². The summed E-state index contributed by atoms with van der Waals surface area (Å²) < 4.78 is 45.0. The van der Waals surface area contributed by atoms with E-state index in [0.29, 0.717) is 16.1 Å². The average molecular weight is 482 g/mol. The summed E-state index contributed by atoms with van der Waals surface area (Å²) in [4.78, 5) is 17.5. The third kappa shape index (κ3) is 4.75. The maximum absolute atomic E-state index is 12.9. The lowest BCUT2D eigenvalue weighted by molar-refractivity contribution is -0.137. The number of esters is 1. The first-order valence-corrected chi connectivity index (χ1v) is 10.8. The summed E-state index contributed by atoms with van der Waals surface area (Å²) in [6, 6.07) is 5.03. The maximum Gasteiger partial charge on any atom is 0.416 e. The molecule has 2 N–H and O–H groups in total. The maximum atomic E-state index is 12.9. The Hall–Kier alpha value is -2.99. The molecular weight excluding hydrogens is 463 g/mol. The Morgan fingerprint density at radius 2 is 2.12 bits per heavy atom. The van der Waals surface area contributed by atoms with Crippen LogP contribution in [0.5, 0.6) is 0 Å². The Bertz CT molecular complexity index is 1170. The second-order valence-electron chi connectivity index (χ2n) is 7.10. The summed E-state index contributed by atoms with van der Waals surface area (Å²) in [5.41, 5.74) is 1.21. The number of thiocarbonyl (C=S) groups is 1. The molecule has 0 fully saturated rings. The Morgan fingerprint density at radius 1 is 1.31 bits per heavy atom. The van der Waals surface area contributed by atoms with Gasteiger partial charge < -0.3 is 10.1 Å². The van der Waals surface area contributed by atoms with Gasteiger partial charge in [-0.25, -0.2) is 14.5 Å². The van der Waals surface area contributed by atoms with Gasteiger partial charge in [-0.3, -0.25) is 5.32 Å². The number of nitrogens with zero attached hydrogens (tertiary/aromatic N) is 3. The molecule has 1 aromatic carbocycles. The minimum Gasteiger partial charge on any atom is -0.465 e. The van der Waals surface area contributed by atoms with Crippen LogP contribution in [0.15, 0.2) is 30.6 Å². The molecule has 0 spiro atoms. The first-order chi connectivity index (χ1) is 15.2. The van der Waals surface area contributed by atoms with E-state index >= 15 is 0 Å². The molecular formula is C20H18F3N5O2S2.